The second-order valence-electron chi connectivity index (χ2n) is 6.90. The molecule has 3 aromatic heterocycles. The van der Waals surface area contributed by atoms with E-state index in [4.69, 9.17) is 4.42 Å². The van der Waals surface area contributed by atoms with E-state index < -0.39 is 11.5 Å². The quantitative estimate of drug-likeness (QED) is 0.493. The third-order valence-electron chi connectivity index (χ3n) is 4.91. The van der Waals surface area contributed by atoms with Crippen LogP contribution in [0, 0.1) is 0 Å². The SMILES string of the molecule is O=C(Nc1nc2c(s1)CN(C(=O)c1cc3ccccc3oc1=O)CC2)c1cnccn1. The molecular weight excluding hydrogens is 418 g/mol. The molecule has 154 valence electrons. The number of nitrogens with one attached hydrogen (secondary N) is 1. The number of hydrogen-bond donors (Lipinski definition) is 1. The van der Waals surface area contributed by atoms with Gasteiger partial charge in [-0.15, -0.1) is 0 Å². The highest BCUT2D eigenvalue weighted by atomic mass is 32.1. The van der Waals surface area contributed by atoms with Gasteiger partial charge in [0, 0.05) is 35.6 Å². The summed E-state index contributed by atoms with van der Waals surface area (Å²) >= 11 is 1.29. The normalized spacial score (nSPS) is 13.1. The molecule has 1 aliphatic rings. The van der Waals surface area contributed by atoms with Gasteiger partial charge in [-0.1, -0.05) is 29.5 Å². The molecule has 4 heterocycles. The van der Waals surface area contributed by atoms with Gasteiger partial charge in [-0.25, -0.2) is 14.8 Å². The number of hydrogen-bond acceptors (Lipinski definition) is 8. The second-order valence-corrected chi connectivity index (χ2v) is 7.98. The molecule has 0 bridgehead atoms. The first-order chi connectivity index (χ1) is 15.1. The summed E-state index contributed by atoms with van der Waals surface area (Å²) in [6.07, 6.45) is 4.82. The Morgan fingerprint density at radius 3 is 2.90 bits per heavy atom. The van der Waals surface area contributed by atoms with E-state index in [1.54, 1.807) is 29.2 Å². The Hall–Kier alpha value is -3.92. The van der Waals surface area contributed by atoms with Gasteiger partial charge in [0.05, 0.1) is 18.4 Å². The topological polar surface area (TPSA) is 118 Å². The monoisotopic (exact) mass is 433 g/mol. The summed E-state index contributed by atoms with van der Waals surface area (Å²) in [6.45, 7) is 0.721. The molecule has 0 saturated carbocycles. The van der Waals surface area contributed by atoms with Crippen molar-refractivity contribution >= 4 is 39.3 Å². The lowest BCUT2D eigenvalue weighted by molar-refractivity contribution is 0.0732. The molecule has 0 atom stereocenters. The third-order valence-corrected chi connectivity index (χ3v) is 5.90. The van der Waals surface area contributed by atoms with Crippen LogP contribution in [0.5, 0.6) is 0 Å². The molecule has 1 aromatic carbocycles. The van der Waals surface area contributed by atoms with Crippen molar-refractivity contribution in [3.63, 3.8) is 0 Å². The van der Waals surface area contributed by atoms with Gasteiger partial charge in [-0.3, -0.25) is 19.9 Å². The molecule has 0 unspecified atom stereocenters. The van der Waals surface area contributed by atoms with Crippen LogP contribution in [-0.2, 0) is 13.0 Å². The molecule has 4 aromatic rings. The van der Waals surface area contributed by atoms with Gasteiger partial charge in [0.1, 0.15) is 16.8 Å². The fraction of sp³-hybridized carbons (Fsp3) is 0.143. The van der Waals surface area contributed by atoms with Gasteiger partial charge < -0.3 is 9.32 Å². The molecule has 5 rings (SSSR count). The number of carbonyl (C=O) groups is 2. The molecule has 0 radical (unpaired) electrons. The number of amides is 2. The molecule has 0 spiro atoms. The van der Waals surface area contributed by atoms with E-state index in [1.807, 2.05) is 6.07 Å². The number of fused-ring (bicyclic) bond motifs is 2. The minimum atomic E-state index is -0.657. The van der Waals surface area contributed by atoms with Crippen LogP contribution >= 0.6 is 11.3 Å². The Morgan fingerprint density at radius 1 is 1.19 bits per heavy atom. The van der Waals surface area contributed by atoms with E-state index in [1.165, 1.54) is 29.9 Å². The van der Waals surface area contributed by atoms with Crippen LogP contribution in [-0.4, -0.2) is 38.2 Å². The van der Waals surface area contributed by atoms with Gasteiger partial charge >= 0.3 is 5.63 Å². The fourth-order valence-electron chi connectivity index (χ4n) is 3.38. The van der Waals surface area contributed by atoms with Crippen molar-refractivity contribution in [3.8, 4) is 0 Å². The van der Waals surface area contributed by atoms with Crippen LogP contribution in [0.3, 0.4) is 0 Å². The lowest BCUT2D eigenvalue weighted by Crippen LogP contribution is -2.37. The average Bonchev–Trinajstić information content (AvgIpc) is 3.20. The van der Waals surface area contributed by atoms with E-state index in [0.29, 0.717) is 35.6 Å². The summed E-state index contributed by atoms with van der Waals surface area (Å²) in [7, 11) is 0. The first-order valence-electron chi connectivity index (χ1n) is 9.46. The minimum Gasteiger partial charge on any atom is -0.422 e. The molecule has 2 amide bonds. The van der Waals surface area contributed by atoms with Crippen molar-refractivity contribution in [3.05, 3.63) is 81.2 Å². The number of nitrogens with zero attached hydrogens (tertiary/aromatic N) is 4. The van der Waals surface area contributed by atoms with E-state index in [9.17, 15) is 14.4 Å². The zero-order valence-electron chi connectivity index (χ0n) is 16.1. The largest absolute Gasteiger partial charge is 0.422 e. The number of anilines is 1. The van der Waals surface area contributed by atoms with Gasteiger partial charge in [0.25, 0.3) is 11.8 Å². The van der Waals surface area contributed by atoms with Crippen LogP contribution in [0.25, 0.3) is 11.0 Å². The Kier molecular flexibility index (Phi) is 4.75. The van der Waals surface area contributed by atoms with Crippen molar-refractivity contribution in [2.45, 2.75) is 13.0 Å². The Morgan fingerprint density at radius 2 is 2.06 bits per heavy atom. The van der Waals surface area contributed by atoms with E-state index in [-0.39, 0.29) is 17.2 Å². The first-order valence-corrected chi connectivity index (χ1v) is 10.3. The number of para-hydroxylation sites is 1. The van der Waals surface area contributed by atoms with Gasteiger partial charge in [-0.2, -0.15) is 0 Å². The van der Waals surface area contributed by atoms with Gasteiger partial charge in [-0.05, 0) is 12.1 Å². The molecular formula is C21H15N5O4S. The predicted molar refractivity (Wildman–Crippen MR) is 113 cm³/mol. The number of thiazole rings is 1. The average molecular weight is 433 g/mol. The Labute approximate surface area is 179 Å². The molecule has 9 nitrogen and oxygen atoms in total. The van der Waals surface area contributed by atoms with Crippen molar-refractivity contribution in [1.29, 1.82) is 0 Å². The summed E-state index contributed by atoms with van der Waals surface area (Å²) in [4.78, 5) is 52.4. The summed E-state index contributed by atoms with van der Waals surface area (Å²) < 4.78 is 5.29. The highest BCUT2D eigenvalue weighted by Crippen LogP contribution is 2.29. The highest BCUT2D eigenvalue weighted by Gasteiger charge is 2.27. The smallest absolute Gasteiger partial charge is 0.349 e. The molecule has 0 saturated heterocycles. The zero-order chi connectivity index (χ0) is 21.4. The molecule has 0 aliphatic carbocycles. The summed E-state index contributed by atoms with van der Waals surface area (Å²) in [5, 5.41) is 3.84. The summed E-state index contributed by atoms with van der Waals surface area (Å²) in [6, 6.07) is 8.63. The molecule has 31 heavy (non-hydrogen) atoms. The Balaban J connectivity index is 1.35. The van der Waals surface area contributed by atoms with Crippen molar-refractivity contribution in [1.82, 2.24) is 19.9 Å². The predicted octanol–water partition coefficient (Wildman–Crippen LogP) is 2.49. The number of aromatic nitrogens is 3. The fourth-order valence-corrected chi connectivity index (χ4v) is 4.40. The van der Waals surface area contributed by atoms with E-state index in [0.717, 1.165) is 10.6 Å². The maximum absolute atomic E-state index is 13.0. The number of benzene rings is 1. The van der Waals surface area contributed by atoms with Crippen LogP contribution in [0.4, 0.5) is 5.13 Å². The maximum Gasteiger partial charge on any atom is 0.349 e. The Bertz CT molecular complexity index is 1370. The highest BCUT2D eigenvalue weighted by molar-refractivity contribution is 7.15. The zero-order valence-corrected chi connectivity index (χ0v) is 16.9. The van der Waals surface area contributed by atoms with Crippen LogP contribution < -0.4 is 10.9 Å². The summed E-state index contributed by atoms with van der Waals surface area (Å²) in [5.74, 6) is -0.787. The lowest BCUT2D eigenvalue weighted by atomic mass is 10.1. The maximum atomic E-state index is 13.0. The first kappa shape index (κ1) is 19.1. The molecule has 1 N–H and O–H groups in total. The van der Waals surface area contributed by atoms with Crippen molar-refractivity contribution in [2.75, 3.05) is 11.9 Å². The van der Waals surface area contributed by atoms with E-state index >= 15 is 0 Å². The summed E-state index contributed by atoms with van der Waals surface area (Å²) in [5.41, 5.74) is 0.805. The van der Waals surface area contributed by atoms with Crippen molar-refractivity contribution in [2.24, 2.45) is 0 Å². The van der Waals surface area contributed by atoms with Crippen LogP contribution in [0.15, 0.2) is 58.1 Å². The van der Waals surface area contributed by atoms with Gasteiger partial charge in [0.2, 0.25) is 0 Å². The standard InChI is InChI=1S/C21H15N5O4S/c27-18(15-10-22-6-7-23-15)25-21-24-14-5-8-26(11-17(14)31-21)19(28)13-9-12-3-1-2-4-16(12)30-20(13)29/h1-4,6-7,9-10H,5,8,11H2,(H,24,25,27). The van der Waals surface area contributed by atoms with Crippen LogP contribution in [0.1, 0.15) is 31.4 Å². The number of rotatable bonds is 3. The van der Waals surface area contributed by atoms with Crippen LogP contribution in [0.2, 0.25) is 0 Å². The van der Waals surface area contributed by atoms with Crippen molar-refractivity contribution < 1.29 is 14.0 Å². The third kappa shape index (κ3) is 3.68. The molecule has 1 aliphatic heterocycles. The minimum absolute atomic E-state index is 0.00263. The lowest BCUT2D eigenvalue weighted by Gasteiger charge is -2.25. The molecule has 0 fully saturated rings. The number of carbonyl (C=O) groups excluding carboxylic acids is 2. The van der Waals surface area contributed by atoms with E-state index in [2.05, 4.69) is 20.3 Å². The van der Waals surface area contributed by atoms with Gasteiger partial charge in [0.15, 0.2) is 5.13 Å². The molecule has 10 heteroatoms. The second kappa shape index (κ2) is 7.73.